The maximum absolute atomic E-state index is 4.58. The van der Waals surface area contributed by atoms with Crippen molar-refractivity contribution in [3.63, 3.8) is 0 Å². The van der Waals surface area contributed by atoms with Gasteiger partial charge in [-0.3, -0.25) is 0 Å². The van der Waals surface area contributed by atoms with E-state index in [1.807, 2.05) is 0 Å². The first-order valence-electron chi connectivity index (χ1n) is 1.61. The molecular formula is C4H4FeO2. The third kappa shape index (κ3) is 2.31. The molecule has 0 aromatic heterocycles. The van der Waals surface area contributed by atoms with Crippen LogP contribution >= 0.6 is 0 Å². The Morgan fingerprint density at radius 1 is 0.714 bits per heavy atom. The minimum atomic E-state index is 0. The van der Waals surface area contributed by atoms with E-state index in [2.05, 4.69) is 9.47 Å². The summed E-state index contributed by atoms with van der Waals surface area (Å²) in [5.74, 6) is 0. The van der Waals surface area contributed by atoms with E-state index in [1.54, 1.807) is 0 Å². The van der Waals surface area contributed by atoms with Gasteiger partial charge in [0.2, 0.25) is 0 Å². The molecule has 0 aromatic carbocycles. The second-order valence-corrected chi connectivity index (χ2v) is 0.816. The van der Waals surface area contributed by atoms with Crippen LogP contribution in [0.5, 0.6) is 0 Å². The van der Waals surface area contributed by atoms with E-state index >= 15 is 0 Å². The van der Waals surface area contributed by atoms with Crippen molar-refractivity contribution < 1.29 is 26.5 Å². The van der Waals surface area contributed by atoms with Crippen LogP contribution in [0.2, 0.25) is 0 Å². The summed E-state index contributed by atoms with van der Waals surface area (Å²) < 4.78 is 9.17. The Balaban J connectivity index is 0.000000360. The molecule has 0 fully saturated rings. The Hall–Kier alpha value is -0.401. The van der Waals surface area contributed by atoms with E-state index in [9.17, 15) is 0 Å². The van der Waals surface area contributed by atoms with Crippen LogP contribution in [-0.4, -0.2) is 0 Å². The molecule has 0 amide bonds. The molecule has 40 valence electrons. The summed E-state index contributed by atoms with van der Waals surface area (Å²) in [6, 6.07) is 0. The van der Waals surface area contributed by atoms with Gasteiger partial charge in [0.05, 0.1) is 0 Å². The van der Waals surface area contributed by atoms with Gasteiger partial charge in [0.15, 0.2) is 0 Å². The molecule has 0 unspecified atom stereocenters. The van der Waals surface area contributed by atoms with E-state index in [4.69, 9.17) is 0 Å². The minimum Gasteiger partial charge on any atom is -0.466 e. The summed E-state index contributed by atoms with van der Waals surface area (Å²) in [5, 5.41) is 0. The maximum Gasteiger partial charge on any atom is 0.125 e. The van der Waals surface area contributed by atoms with Crippen molar-refractivity contribution >= 4 is 0 Å². The zero-order valence-corrected chi connectivity index (χ0v) is 4.58. The molecule has 1 rings (SSSR count). The molecule has 1 heterocycles. The van der Waals surface area contributed by atoms with E-state index in [-0.39, 0.29) is 17.1 Å². The Morgan fingerprint density at radius 2 is 1.00 bits per heavy atom. The Kier molecular flexibility index (Phi) is 3.56. The largest absolute Gasteiger partial charge is 0.466 e. The monoisotopic (exact) mass is 140 g/mol. The predicted molar refractivity (Wildman–Crippen MR) is 20.4 cm³/mol. The summed E-state index contributed by atoms with van der Waals surface area (Å²) in [6.45, 7) is 0. The van der Waals surface area contributed by atoms with Crippen molar-refractivity contribution in [3.05, 3.63) is 25.0 Å². The first-order chi connectivity index (χ1) is 3.00. The predicted octanol–water partition coefficient (Wildman–Crippen LogP) is 0.973. The molecule has 0 saturated carbocycles. The van der Waals surface area contributed by atoms with Crippen LogP contribution in [-0.2, 0) is 26.5 Å². The second kappa shape index (κ2) is 3.78. The van der Waals surface area contributed by atoms with E-state index in [1.165, 1.54) is 25.0 Å². The summed E-state index contributed by atoms with van der Waals surface area (Å²) >= 11 is 0. The molecule has 0 aromatic rings. The van der Waals surface area contributed by atoms with Gasteiger partial charge >= 0.3 is 0 Å². The van der Waals surface area contributed by atoms with Gasteiger partial charge in [-0.05, 0) is 0 Å². The smallest absolute Gasteiger partial charge is 0.125 e. The Morgan fingerprint density at radius 3 is 1.14 bits per heavy atom. The van der Waals surface area contributed by atoms with Crippen molar-refractivity contribution in [1.29, 1.82) is 0 Å². The van der Waals surface area contributed by atoms with Crippen molar-refractivity contribution in [3.8, 4) is 0 Å². The fourth-order valence-corrected chi connectivity index (χ4v) is 0.219. The quantitative estimate of drug-likeness (QED) is 0.466. The molecule has 0 spiro atoms. The zero-order valence-electron chi connectivity index (χ0n) is 3.48. The molecule has 0 bridgehead atoms. The average molecular weight is 140 g/mol. The van der Waals surface area contributed by atoms with Crippen LogP contribution < -0.4 is 0 Å². The van der Waals surface area contributed by atoms with Gasteiger partial charge in [0.25, 0.3) is 0 Å². The van der Waals surface area contributed by atoms with E-state index < -0.39 is 0 Å². The summed E-state index contributed by atoms with van der Waals surface area (Å²) in [4.78, 5) is 0. The molecule has 0 atom stereocenters. The van der Waals surface area contributed by atoms with Crippen LogP contribution in [0, 0.1) is 0 Å². The molecule has 3 heteroatoms. The van der Waals surface area contributed by atoms with Gasteiger partial charge in [-0.2, -0.15) is 0 Å². The average Bonchev–Trinajstić information content (AvgIpc) is 1.72. The van der Waals surface area contributed by atoms with Crippen molar-refractivity contribution in [1.82, 2.24) is 0 Å². The summed E-state index contributed by atoms with van der Waals surface area (Å²) in [6.07, 6.45) is 5.83. The zero-order chi connectivity index (χ0) is 4.24. The number of hydrogen-bond acceptors (Lipinski definition) is 2. The van der Waals surface area contributed by atoms with Crippen LogP contribution in [0.25, 0.3) is 0 Å². The molecule has 0 saturated heterocycles. The molecule has 0 N–H and O–H groups in total. The van der Waals surface area contributed by atoms with Crippen molar-refractivity contribution in [2.24, 2.45) is 0 Å². The molecule has 1 aliphatic rings. The first-order valence-corrected chi connectivity index (χ1v) is 1.61. The fraction of sp³-hybridized carbons (Fsp3) is 0. The van der Waals surface area contributed by atoms with Crippen LogP contribution in [0.1, 0.15) is 0 Å². The maximum atomic E-state index is 4.58. The topological polar surface area (TPSA) is 18.5 Å². The van der Waals surface area contributed by atoms with E-state index in [0.717, 1.165) is 0 Å². The fourth-order valence-electron chi connectivity index (χ4n) is 0.219. The van der Waals surface area contributed by atoms with Gasteiger partial charge in [0.1, 0.15) is 25.0 Å². The van der Waals surface area contributed by atoms with Gasteiger partial charge in [0, 0.05) is 17.1 Å². The Bertz CT molecular complexity index is 67.7. The minimum absolute atomic E-state index is 0. The summed E-state index contributed by atoms with van der Waals surface area (Å²) in [5.41, 5.74) is 0. The van der Waals surface area contributed by atoms with E-state index in [0.29, 0.717) is 0 Å². The normalized spacial score (nSPS) is 13.7. The van der Waals surface area contributed by atoms with Gasteiger partial charge in [-0.25, -0.2) is 0 Å². The van der Waals surface area contributed by atoms with Crippen molar-refractivity contribution in [2.75, 3.05) is 0 Å². The number of rotatable bonds is 0. The van der Waals surface area contributed by atoms with Gasteiger partial charge < -0.3 is 9.47 Å². The molecule has 1 aliphatic heterocycles. The Labute approximate surface area is 52.3 Å². The van der Waals surface area contributed by atoms with Crippen LogP contribution in [0.4, 0.5) is 0 Å². The molecule has 0 aliphatic carbocycles. The summed E-state index contributed by atoms with van der Waals surface area (Å²) in [7, 11) is 0. The van der Waals surface area contributed by atoms with Crippen molar-refractivity contribution in [2.45, 2.75) is 0 Å². The van der Waals surface area contributed by atoms with Gasteiger partial charge in [-0.1, -0.05) is 0 Å². The number of ether oxygens (including phenoxy) is 2. The van der Waals surface area contributed by atoms with Gasteiger partial charge in [-0.15, -0.1) is 0 Å². The SMILES string of the molecule is C1=COC=CO1.[Fe]. The third-order valence-electron chi connectivity index (χ3n) is 0.425. The van der Waals surface area contributed by atoms with Crippen LogP contribution in [0.3, 0.4) is 0 Å². The second-order valence-electron chi connectivity index (χ2n) is 0.816. The molecule has 0 radical (unpaired) electrons. The standard InChI is InChI=1S/C4H4O2.Fe/c1-2-6-4-3-5-1;/h1-4H;. The molecular weight excluding hydrogens is 136 g/mol. The molecule has 2 nitrogen and oxygen atoms in total. The molecule has 7 heavy (non-hydrogen) atoms. The first kappa shape index (κ1) is 6.60. The number of hydrogen-bond donors (Lipinski definition) is 0. The third-order valence-corrected chi connectivity index (χ3v) is 0.425. The van der Waals surface area contributed by atoms with Crippen LogP contribution in [0.15, 0.2) is 25.0 Å².